The van der Waals surface area contributed by atoms with Crippen LogP contribution in [0.15, 0.2) is 24.3 Å². The molecular formula is C17H26N4O2. The summed E-state index contributed by atoms with van der Waals surface area (Å²) in [6.07, 6.45) is 0. The summed E-state index contributed by atoms with van der Waals surface area (Å²) in [6.45, 7) is 8.15. The largest absolute Gasteiger partial charge is 0.368 e. The van der Waals surface area contributed by atoms with E-state index in [1.165, 1.54) is 0 Å². The molecular weight excluding hydrogens is 292 g/mol. The van der Waals surface area contributed by atoms with Gasteiger partial charge >= 0.3 is 0 Å². The SMILES string of the molecule is CCN1CCN(C(=O)CNC(=O)[C@@H](N)C(C)C)c2ccccc21. The van der Waals surface area contributed by atoms with Gasteiger partial charge in [0.15, 0.2) is 0 Å². The number of amides is 2. The van der Waals surface area contributed by atoms with Gasteiger partial charge in [-0.25, -0.2) is 0 Å². The molecule has 2 amide bonds. The first-order valence-corrected chi connectivity index (χ1v) is 8.13. The Kier molecular flexibility index (Phi) is 5.60. The molecule has 0 bridgehead atoms. The molecule has 1 aromatic rings. The smallest absolute Gasteiger partial charge is 0.246 e. The molecule has 1 aliphatic heterocycles. The maximum Gasteiger partial charge on any atom is 0.246 e. The molecule has 1 aromatic carbocycles. The number of nitrogens with zero attached hydrogens (tertiary/aromatic N) is 2. The van der Waals surface area contributed by atoms with Crippen molar-refractivity contribution >= 4 is 23.2 Å². The van der Waals surface area contributed by atoms with Gasteiger partial charge in [0.05, 0.1) is 24.0 Å². The molecule has 0 unspecified atom stereocenters. The Morgan fingerprint density at radius 2 is 1.87 bits per heavy atom. The van der Waals surface area contributed by atoms with Crippen molar-refractivity contribution in [1.29, 1.82) is 0 Å². The van der Waals surface area contributed by atoms with Crippen LogP contribution in [-0.2, 0) is 9.59 Å². The number of nitrogens with two attached hydrogens (primary N) is 1. The number of carbonyl (C=O) groups is 2. The van der Waals surface area contributed by atoms with E-state index in [1.54, 1.807) is 4.90 Å². The van der Waals surface area contributed by atoms with Crippen molar-refractivity contribution in [2.45, 2.75) is 26.8 Å². The highest BCUT2D eigenvalue weighted by Gasteiger charge is 2.26. The van der Waals surface area contributed by atoms with Gasteiger partial charge in [-0.2, -0.15) is 0 Å². The van der Waals surface area contributed by atoms with Crippen LogP contribution in [0.2, 0.25) is 0 Å². The maximum atomic E-state index is 12.5. The van der Waals surface area contributed by atoms with Crippen molar-refractivity contribution in [1.82, 2.24) is 5.32 Å². The molecule has 1 atom stereocenters. The first-order chi connectivity index (χ1) is 11.0. The highest BCUT2D eigenvalue weighted by Crippen LogP contribution is 2.32. The van der Waals surface area contributed by atoms with E-state index < -0.39 is 6.04 Å². The number of fused-ring (bicyclic) bond motifs is 1. The number of nitrogens with one attached hydrogen (secondary N) is 1. The van der Waals surface area contributed by atoms with Crippen molar-refractivity contribution in [2.24, 2.45) is 11.7 Å². The van der Waals surface area contributed by atoms with Gasteiger partial charge in [0, 0.05) is 19.6 Å². The third-order valence-corrected chi connectivity index (χ3v) is 4.22. The van der Waals surface area contributed by atoms with E-state index >= 15 is 0 Å². The number of benzene rings is 1. The number of para-hydroxylation sites is 2. The number of anilines is 2. The van der Waals surface area contributed by atoms with Crippen LogP contribution in [-0.4, -0.2) is 44.0 Å². The first kappa shape index (κ1) is 17.3. The predicted molar refractivity (Wildman–Crippen MR) is 92.5 cm³/mol. The Morgan fingerprint density at radius 3 is 2.48 bits per heavy atom. The third-order valence-electron chi connectivity index (χ3n) is 4.22. The van der Waals surface area contributed by atoms with Gasteiger partial charge < -0.3 is 20.9 Å². The number of rotatable bonds is 5. The van der Waals surface area contributed by atoms with E-state index in [0.29, 0.717) is 6.54 Å². The minimum absolute atomic E-state index is 0.0281. The molecule has 1 heterocycles. The third kappa shape index (κ3) is 3.82. The second kappa shape index (κ2) is 7.46. The fourth-order valence-electron chi connectivity index (χ4n) is 2.69. The van der Waals surface area contributed by atoms with Gasteiger partial charge in [-0.15, -0.1) is 0 Å². The summed E-state index contributed by atoms with van der Waals surface area (Å²) in [4.78, 5) is 28.4. The molecule has 6 nitrogen and oxygen atoms in total. The van der Waals surface area contributed by atoms with Crippen LogP contribution in [0, 0.1) is 5.92 Å². The van der Waals surface area contributed by atoms with Crippen molar-refractivity contribution in [3.8, 4) is 0 Å². The maximum absolute atomic E-state index is 12.5. The normalized spacial score (nSPS) is 15.3. The Labute approximate surface area is 137 Å². The van der Waals surface area contributed by atoms with E-state index in [4.69, 9.17) is 5.73 Å². The summed E-state index contributed by atoms with van der Waals surface area (Å²) in [7, 11) is 0. The number of hydrogen-bond acceptors (Lipinski definition) is 4. The number of likely N-dealkylation sites (N-methyl/N-ethyl adjacent to an activating group) is 1. The van der Waals surface area contributed by atoms with Gasteiger partial charge in [-0.1, -0.05) is 26.0 Å². The Balaban J connectivity index is 2.05. The zero-order valence-electron chi connectivity index (χ0n) is 14.1. The van der Waals surface area contributed by atoms with Crippen LogP contribution in [0.5, 0.6) is 0 Å². The zero-order chi connectivity index (χ0) is 17.0. The molecule has 0 aliphatic carbocycles. The number of hydrogen-bond donors (Lipinski definition) is 2. The van der Waals surface area contributed by atoms with Crippen molar-refractivity contribution in [3.63, 3.8) is 0 Å². The van der Waals surface area contributed by atoms with E-state index in [9.17, 15) is 9.59 Å². The molecule has 2 rings (SSSR count). The molecule has 0 saturated carbocycles. The lowest BCUT2D eigenvalue weighted by molar-refractivity contribution is -0.126. The Morgan fingerprint density at radius 1 is 1.22 bits per heavy atom. The minimum Gasteiger partial charge on any atom is -0.368 e. The van der Waals surface area contributed by atoms with Crippen molar-refractivity contribution < 1.29 is 9.59 Å². The highest BCUT2D eigenvalue weighted by atomic mass is 16.2. The summed E-state index contributed by atoms with van der Waals surface area (Å²) < 4.78 is 0. The molecule has 6 heteroatoms. The topological polar surface area (TPSA) is 78.7 Å². The van der Waals surface area contributed by atoms with Crippen LogP contribution < -0.4 is 20.9 Å². The number of carbonyl (C=O) groups excluding carboxylic acids is 2. The monoisotopic (exact) mass is 318 g/mol. The summed E-state index contributed by atoms with van der Waals surface area (Å²) in [5.74, 6) is -0.356. The van der Waals surface area contributed by atoms with Gasteiger partial charge in [-0.3, -0.25) is 9.59 Å². The standard InChI is InChI=1S/C17H26N4O2/c1-4-20-9-10-21(14-8-6-5-7-13(14)20)15(22)11-19-17(23)16(18)12(2)3/h5-8,12,16H,4,9-11,18H2,1-3H3,(H,19,23)/t16-/m0/s1. The van der Waals surface area contributed by atoms with Crippen LogP contribution in [0.3, 0.4) is 0 Å². The molecule has 126 valence electrons. The zero-order valence-corrected chi connectivity index (χ0v) is 14.1. The molecule has 0 radical (unpaired) electrons. The van der Waals surface area contributed by atoms with E-state index in [-0.39, 0.29) is 24.3 Å². The lowest BCUT2D eigenvalue weighted by atomic mass is 10.1. The van der Waals surface area contributed by atoms with Crippen LogP contribution in [0.1, 0.15) is 20.8 Å². The highest BCUT2D eigenvalue weighted by molar-refractivity contribution is 6.00. The van der Waals surface area contributed by atoms with Crippen molar-refractivity contribution in [3.05, 3.63) is 24.3 Å². The average Bonchev–Trinajstić information content (AvgIpc) is 2.57. The second-order valence-corrected chi connectivity index (χ2v) is 6.10. The van der Waals surface area contributed by atoms with Crippen LogP contribution in [0.4, 0.5) is 11.4 Å². The molecule has 1 aliphatic rings. The van der Waals surface area contributed by atoms with Gasteiger partial charge in [-0.05, 0) is 25.0 Å². The fourth-order valence-corrected chi connectivity index (χ4v) is 2.69. The predicted octanol–water partition coefficient (Wildman–Crippen LogP) is 0.959. The average molecular weight is 318 g/mol. The summed E-state index contributed by atoms with van der Waals surface area (Å²) in [6, 6.07) is 7.26. The van der Waals surface area contributed by atoms with E-state index in [1.807, 2.05) is 38.1 Å². The van der Waals surface area contributed by atoms with Gasteiger partial charge in [0.1, 0.15) is 0 Å². The van der Waals surface area contributed by atoms with Crippen molar-refractivity contribution in [2.75, 3.05) is 36.0 Å². The first-order valence-electron chi connectivity index (χ1n) is 8.13. The molecule has 0 fully saturated rings. The molecule has 23 heavy (non-hydrogen) atoms. The van der Waals surface area contributed by atoms with Gasteiger partial charge in [0.25, 0.3) is 0 Å². The fraction of sp³-hybridized carbons (Fsp3) is 0.529. The van der Waals surface area contributed by atoms with E-state index in [2.05, 4.69) is 17.1 Å². The quantitative estimate of drug-likeness (QED) is 0.847. The minimum atomic E-state index is -0.591. The second-order valence-electron chi connectivity index (χ2n) is 6.10. The Hall–Kier alpha value is -2.08. The van der Waals surface area contributed by atoms with Crippen LogP contribution >= 0.6 is 0 Å². The summed E-state index contributed by atoms with van der Waals surface area (Å²) in [5, 5.41) is 2.65. The van der Waals surface area contributed by atoms with Crippen LogP contribution in [0.25, 0.3) is 0 Å². The van der Waals surface area contributed by atoms with Gasteiger partial charge in [0.2, 0.25) is 11.8 Å². The molecule has 0 aromatic heterocycles. The van der Waals surface area contributed by atoms with E-state index in [0.717, 1.165) is 24.5 Å². The lowest BCUT2D eigenvalue weighted by Crippen LogP contribution is -2.50. The molecule has 0 saturated heterocycles. The molecule has 3 N–H and O–H groups in total. The molecule has 0 spiro atoms. The lowest BCUT2D eigenvalue weighted by Gasteiger charge is -2.37. The summed E-state index contributed by atoms with van der Waals surface area (Å²) in [5.41, 5.74) is 7.75. The Bertz CT molecular complexity index is 573. The summed E-state index contributed by atoms with van der Waals surface area (Å²) >= 11 is 0.